The van der Waals surface area contributed by atoms with Gasteiger partial charge in [-0.2, -0.15) is 5.48 Å². The maximum atomic E-state index is 11.8. The molecule has 3 nitrogen and oxygen atoms in total. The van der Waals surface area contributed by atoms with E-state index in [0.29, 0.717) is 11.3 Å². The Balaban J connectivity index is 2.13. The van der Waals surface area contributed by atoms with Crippen molar-refractivity contribution in [1.29, 1.82) is 0 Å². The largest absolute Gasteiger partial charge is 0.379 e. The van der Waals surface area contributed by atoms with Crippen LogP contribution in [0.25, 0.3) is 11.6 Å². The molecule has 3 rings (SSSR count). The van der Waals surface area contributed by atoms with Crippen molar-refractivity contribution < 1.29 is 9.63 Å². The fraction of sp³-hybridized carbons (Fsp3) is 0. The Hall–Kier alpha value is -2.07. The SMILES string of the molecule is O=C1NOc2ccccc2C1=Cc1cccs1. The summed E-state index contributed by atoms with van der Waals surface area (Å²) in [6.45, 7) is 0. The Bertz CT molecular complexity index is 587. The smallest absolute Gasteiger partial charge is 0.284 e. The molecular weight excluding hydrogens is 234 g/mol. The van der Waals surface area contributed by atoms with E-state index in [-0.39, 0.29) is 5.91 Å². The standard InChI is InChI=1S/C13H9NO2S/c15-13-11(8-9-4-3-7-17-9)10-5-1-2-6-12(10)16-14-13/h1-8H,(H,14,15). The van der Waals surface area contributed by atoms with Gasteiger partial charge in [-0.1, -0.05) is 24.3 Å². The summed E-state index contributed by atoms with van der Waals surface area (Å²) in [5.74, 6) is 0.465. The highest BCUT2D eigenvalue weighted by Crippen LogP contribution is 2.31. The summed E-state index contributed by atoms with van der Waals surface area (Å²) >= 11 is 1.60. The number of carbonyl (C=O) groups excluding carboxylic acids is 1. The van der Waals surface area contributed by atoms with Crippen molar-refractivity contribution in [3.8, 4) is 5.75 Å². The number of thiophene rings is 1. The summed E-state index contributed by atoms with van der Waals surface area (Å²) in [5.41, 5.74) is 3.86. The van der Waals surface area contributed by atoms with Gasteiger partial charge in [0.15, 0.2) is 5.75 Å². The van der Waals surface area contributed by atoms with Crippen LogP contribution < -0.4 is 10.3 Å². The van der Waals surface area contributed by atoms with Gasteiger partial charge in [-0.05, 0) is 23.6 Å². The van der Waals surface area contributed by atoms with E-state index in [1.807, 2.05) is 47.9 Å². The number of hydrogen-bond donors (Lipinski definition) is 1. The molecule has 1 aromatic heterocycles. The van der Waals surface area contributed by atoms with Crippen LogP contribution in [0.3, 0.4) is 0 Å². The molecule has 1 amide bonds. The molecule has 0 atom stereocenters. The third kappa shape index (κ3) is 1.83. The predicted octanol–water partition coefficient (Wildman–Crippen LogP) is 2.71. The van der Waals surface area contributed by atoms with Crippen molar-refractivity contribution in [2.75, 3.05) is 0 Å². The maximum absolute atomic E-state index is 11.8. The predicted molar refractivity (Wildman–Crippen MR) is 67.4 cm³/mol. The number of hydrogen-bond acceptors (Lipinski definition) is 3. The van der Waals surface area contributed by atoms with Crippen LogP contribution >= 0.6 is 11.3 Å². The molecule has 2 aromatic rings. The summed E-state index contributed by atoms with van der Waals surface area (Å²) in [6, 6.07) is 11.4. The molecule has 0 bridgehead atoms. The van der Waals surface area contributed by atoms with Gasteiger partial charge in [-0.25, -0.2) is 0 Å². The van der Waals surface area contributed by atoms with Crippen LogP contribution in [-0.4, -0.2) is 5.91 Å². The highest BCUT2D eigenvalue weighted by molar-refractivity contribution is 7.11. The Morgan fingerprint density at radius 2 is 2.06 bits per heavy atom. The highest BCUT2D eigenvalue weighted by atomic mass is 32.1. The first kappa shape index (κ1) is 10.1. The van der Waals surface area contributed by atoms with E-state index in [1.54, 1.807) is 11.3 Å². The lowest BCUT2D eigenvalue weighted by Gasteiger charge is -2.18. The molecule has 0 aliphatic carbocycles. The topological polar surface area (TPSA) is 38.3 Å². The summed E-state index contributed by atoms with van der Waals surface area (Å²) < 4.78 is 0. The van der Waals surface area contributed by atoms with E-state index < -0.39 is 0 Å². The number of para-hydroxylation sites is 1. The zero-order valence-electron chi connectivity index (χ0n) is 8.84. The summed E-state index contributed by atoms with van der Waals surface area (Å²) in [4.78, 5) is 18.0. The molecule has 4 heteroatoms. The highest BCUT2D eigenvalue weighted by Gasteiger charge is 2.22. The molecule has 84 valence electrons. The number of rotatable bonds is 1. The third-order valence-corrected chi connectivity index (χ3v) is 3.32. The number of benzene rings is 1. The second-order valence-electron chi connectivity index (χ2n) is 3.60. The molecule has 1 aliphatic heterocycles. The van der Waals surface area contributed by atoms with Crippen LogP contribution in [0.5, 0.6) is 5.75 Å². The Kier molecular flexibility index (Phi) is 2.42. The summed E-state index contributed by atoms with van der Waals surface area (Å²) in [5, 5.41) is 1.98. The molecule has 1 N–H and O–H groups in total. The first-order valence-electron chi connectivity index (χ1n) is 5.16. The Morgan fingerprint density at radius 1 is 1.18 bits per heavy atom. The molecule has 0 radical (unpaired) electrons. The van der Waals surface area contributed by atoms with Crippen LogP contribution in [0, 0.1) is 0 Å². The van der Waals surface area contributed by atoms with Crippen molar-refractivity contribution in [3.63, 3.8) is 0 Å². The van der Waals surface area contributed by atoms with E-state index >= 15 is 0 Å². The lowest BCUT2D eigenvalue weighted by Crippen LogP contribution is -2.32. The first-order valence-corrected chi connectivity index (χ1v) is 6.04. The molecular formula is C13H9NO2S. The van der Waals surface area contributed by atoms with Crippen LogP contribution in [0.15, 0.2) is 41.8 Å². The number of nitrogens with one attached hydrogen (secondary N) is 1. The van der Waals surface area contributed by atoms with Gasteiger partial charge in [-0.15, -0.1) is 11.3 Å². The second-order valence-corrected chi connectivity index (χ2v) is 4.58. The molecule has 0 saturated heterocycles. The van der Waals surface area contributed by atoms with Crippen LogP contribution in [-0.2, 0) is 4.79 Å². The normalized spacial score (nSPS) is 16.2. The molecule has 17 heavy (non-hydrogen) atoms. The van der Waals surface area contributed by atoms with E-state index in [2.05, 4.69) is 5.48 Å². The van der Waals surface area contributed by atoms with Crippen molar-refractivity contribution >= 4 is 28.9 Å². The fourth-order valence-corrected chi connectivity index (χ4v) is 2.37. The van der Waals surface area contributed by atoms with Crippen molar-refractivity contribution in [2.24, 2.45) is 0 Å². The third-order valence-electron chi connectivity index (χ3n) is 2.51. The number of amides is 1. The van der Waals surface area contributed by atoms with Gasteiger partial charge in [0.1, 0.15) is 0 Å². The van der Waals surface area contributed by atoms with Gasteiger partial charge in [0, 0.05) is 10.4 Å². The Morgan fingerprint density at radius 3 is 2.88 bits per heavy atom. The van der Waals surface area contributed by atoms with Gasteiger partial charge in [0.25, 0.3) is 5.91 Å². The minimum Gasteiger partial charge on any atom is -0.379 e. The Labute approximate surface area is 102 Å². The molecule has 0 unspecified atom stereocenters. The zero-order chi connectivity index (χ0) is 11.7. The summed E-state index contributed by atoms with van der Waals surface area (Å²) in [6.07, 6.45) is 1.88. The minimum atomic E-state index is -0.211. The first-order chi connectivity index (χ1) is 8.34. The summed E-state index contributed by atoms with van der Waals surface area (Å²) in [7, 11) is 0. The molecule has 1 aromatic carbocycles. The second kappa shape index (κ2) is 4.07. The average Bonchev–Trinajstić information content (AvgIpc) is 2.86. The van der Waals surface area contributed by atoms with Crippen LogP contribution in [0.1, 0.15) is 10.4 Å². The van der Waals surface area contributed by atoms with Crippen molar-refractivity contribution in [2.45, 2.75) is 0 Å². The van der Waals surface area contributed by atoms with Crippen molar-refractivity contribution in [3.05, 3.63) is 52.2 Å². The van der Waals surface area contributed by atoms with Crippen LogP contribution in [0.2, 0.25) is 0 Å². The number of fused-ring (bicyclic) bond motifs is 1. The van der Waals surface area contributed by atoms with Crippen molar-refractivity contribution in [1.82, 2.24) is 5.48 Å². The van der Waals surface area contributed by atoms with Gasteiger partial charge in [-0.3, -0.25) is 4.79 Å². The van der Waals surface area contributed by atoms with E-state index in [4.69, 9.17) is 4.84 Å². The average molecular weight is 243 g/mol. The number of carbonyl (C=O) groups is 1. The van der Waals surface area contributed by atoms with E-state index in [1.165, 1.54) is 0 Å². The quantitative estimate of drug-likeness (QED) is 0.782. The van der Waals surface area contributed by atoms with Gasteiger partial charge in [0.05, 0.1) is 5.57 Å². The maximum Gasteiger partial charge on any atom is 0.284 e. The fourth-order valence-electron chi connectivity index (χ4n) is 1.72. The van der Waals surface area contributed by atoms with Gasteiger partial charge < -0.3 is 4.84 Å². The molecule has 0 spiro atoms. The lowest BCUT2D eigenvalue weighted by atomic mass is 10.0. The van der Waals surface area contributed by atoms with E-state index in [0.717, 1.165) is 10.4 Å². The van der Waals surface area contributed by atoms with Gasteiger partial charge in [0.2, 0.25) is 0 Å². The van der Waals surface area contributed by atoms with Crippen LogP contribution in [0.4, 0.5) is 0 Å². The molecule has 0 fully saturated rings. The molecule has 2 heterocycles. The van der Waals surface area contributed by atoms with Gasteiger partial charge >= 0.3 is 0 Å². The zero-order valence-corrected chi connectivity index (χ0v) is 9.66. The number of hydroxylamine groups is 1. The minimum absolute atomic E-state index is 0.211. The molecule has 0 saturated carbocycles. The molecule has 1 aliphatic rings. The van der Waals surface area contributed by atoms with E-state index in [9.17, 15) is 4.79 Å². The monoisotopic (exact) mass is 243 g/mol. The lowest BCUT2D eigenvalue weighted by molar-refractivity contribution is -0.122.